The van der Waals surface area contributed by atoms with Crippen molar-refractivity contribution in [2.24, 2.45) is 5.92 Å². The number of rotatable bonds is 8. The number of piperidine rings is 1. The molecule has 0 radical (unpaired) electrons. The van der Waals surface area contributed by atoms with Crippen LogP contribution in [0, 0.1) is 5.92 Å². The van der Waals surface area contributed by atoms with Gasteiger partial charge in [0.25, 0.3) is 5.92 Å². The Morgan fingerprint density at radius 2 is 1.77 bits per heavy atom. The van der Waals surface area contributed by atoms with Crippen LogP contribution in [0.5, 0.6) is 0 Å². The molecule has 0 aliphatic carbocycles. The van der Waals surface area contributed by atoms with Crippen LogP contribution < -0.4 is 4.90 Å². The SMILES string of the molecule is COC(=O)c1ccc2c(c1)nc(N1CCC(CCC(=O)N3CCCC3)CC1)n2Cc1ccccc1C(C)(F)F. The average Bonchev–Trinajstić information content (AvgIpc) is 3.60. The number of halogens is 2. The maximum absolute atomic E-state index is 14.5. The van der Waals surface area contributed by atoms with Gasteiger partial charge in [-0.1, -0.05) is 24.3 Å². The molecule has 0 spiro atoms. The zero-order chi connectivity index (χ0) is 27.6. The van der Waals surface area contributed by atoms with Gasteiger partial charge in [0.2, 0.25) is 11.9 Å². The van der Waals surface area contributed by atoms with Crippen LogP contribution in [-0.4, -0.2) is 59.6 Å². The first kappa shape index (κ1) is 27.1. The summed E-state index contributed by atoms with van der Waals surface area (Å²) >= 11 is 0. The summed E-state index contributed by atoms with van der Waals surface area (Å²) in [7, 11) is 1.33. The highest BCUT2D eigenvalue weighted by atomic mass is 19.3. The fourth-order valence-electron chi connectivity index (χ4n) is 5.89. The maximum atomic E-state index is 14.5. The number of anilines is 1. The summed E-state index contributed by atoms with van der Waals surface area (Å²) in [5.41, 5.74) is 2.29. The van der Waals surface area contributed by atoms with Crippen LogP contribution in [0.2, 0.25) is 0 Å². The lowest BCUT2D eigenvalue weighted by Gasteiger charge is -2.33. The molecule has 3 heterocycles. The first-order valence-corrected chi connectivity index (χ1v) is 13.8. The van der Waals surface area contributed by atoms with Gasteiger partial charge in [0.15, 0.2) is 0 Å². The summed E-state index contributed by atoms with van der Waals surface area (Å²) in [4.78, 5) is 33.7. The standard InChI is InChI=1S/C30H36F2N4O3/c1-30(31,32)24-8-4-3-7-23(24)20-36-26-11-10-22(28(38)39-2)19-25(26)33-29(36)35-17-13-21(14-18-35)9-12-27(37)34-15-5-6-16-34/h3-4,7-8,10-11,19,21H,5-6,9,12-18,20H2,1-2H3. The predicted octanol–water partition coefficient (Wildman–Crippen LogP) is 5.60. The van der Waals surface area contributed by atoms with Crippen molar-refractivity contribution >= 4 is 28.9 Å². The van der Waals surface area contributed by atoms with Crippen molar-refractivity contribution in [1.82, 2.24) is 14.5 Å². The number of hydrogen-bond acceptors (Lipinski definition) is 5. The molecule has 0 bridgehead atoms. The number of carbonyl (C=O) groups excluding carboxylic acids is 2. The Bertz CT molecular complexity index is 1340. The number of imidazole rings is 1. The van der Waals surface area contributed by atoms with E-state index in [-0.39, 0.29) is 18.0 Å². The van der Waals surface area contributed by atoms with Crippen LogP contribution in [0.3, 0.4) is 0 Å². The van der Waals surface area contributed by atoms with Gasteiger partial charge in [0.1, 0.15) is 0 Å². The molecule has 1 aromatic heterocycles. The van der Waals surface area contributed by atoms with E-state index in [1.54, 1.807) is 30.3 Å². The highest BCUT2D eigenvalue weighted by Gasteiger charge is 2.29. The average molecular weight is 539 g/mol. The number of alkyl halides is 2. The van der Waals surface area contributed by atoms with E-state index in [4.69, 9.17) is 9.72 Å². The van der Waals surface area contributed by atoms with Gasteiger partial charge in [-0.3, -0.25) is 4.79 Å². The lowest BCUT2D eigenvalue weighted by atomic mass is 9.92. The third kappa shape index (κ3) is 5.92. The summed E-state index contributed by atoms with van der Waals surface area (Å²) in [6.07, 6.45) is 5.57. The third-order valence-corrected chi connectivity index (χ3v) is 8.09. The van der Waals surface area contributed by atoms with Crippen molar-refractivity contribution in [2.75, 3.05) is 38.2 Å². The van der Waals surface area contributed by atoms with Gasteiger partial charge < -0.3 is 19.1 Å². The second kappa shape index (κ2) is 11.3. The zero-order valence-electron chi connectivity index (χ0n) is 22.7. The van der Waals surface area contributed by atoms with Crippen LogP contribution in [0.25, 0.3) is 11.0 Å². The van der Waals surface area contributed by atoms with E-state index in [1.165, 1.54) is 13.2 Å². The number of hydrogen-bond donors (Lipinski definition) is 0. The lowest BCUT2D eigenvalue weighted by Crippen LogP contribution is -2.36. The van der Waals surface area contributed by atoms with Gasteiger partial charge in [-0.2, -0.15) is 0 Å². The monoisotopic (exact) mass is 538 g/mol. The van der Waals surface area contributed by atoms with Crippen molar-refractivity contribution in [3.05, 3.63) is 59.2 Å². The molecule has 9 heteroatoms. The summed E-state index contributed by atoms with van der Waals surface area (Å²) in [5.74, 6) is -1.99. The smallest absolute Gasteiger partial charge is 0.337 e. The number of fused-ring (bicyclic) bond motifs is 1. The van der Waals surface area contributed by atoms with E-state index < -0.39 is 11.9 Å². The van der Waals surface area contributed by atoms with E-state index in [2.05, 4.69) is 4.90 Å². The van der Waals surface area contributed by atoms with Crippen molar-refractivity contribution in [2.45, 2.75) is 57.9 Å². The van der Waals surface area contributed by atoms with Gasteiger partial charge in [-0.05, 0) is 61.8 Å². The molecule has 39 heavy (non-hydrogen) atoms. The van der Waals surface area contributed by atoms with E-state index in [0.717, 1.165) is 70.7 Å². The molecular formula is C30H36F2N4O3. The van der Waals surface area contributed by atoms with Crippen LogP contribution >= 0.6 is 0 Å². The highest BCUT2D eigenvalue weighted by molar-refractivity contribution is 5.94. The maximum Gasteiger partial charge on any atom is 0.337 e. The lowest BCUT2D eigenvalue weighted by molar-refractivity contribution is -0.130. The Morgan fingerprint density at radius 3 is 2.46 bits per heavy atom. The molecule has 2 aliphatic rings. The molecule has 2 aromatic carbocycles. The summed E-state index contributed by atoms with van der Waals surface area (Å²) in [6.45, 7) is 4.45. The first-order chi connectivity index (χ1) is 18.7. The Balaban J connectivity index is 1.39. The minimum atomic E-state index is -2.98. The van der Waals surface area contributed by atoms with Gasteiger partial charge in [-0.25, -0.2) is 18.6 Å². The third-order valence-electron chi connectivity index (χ3n) is 8.09. The van der Waals surface area contributed by atoms with Gasteiger partial charge in [-0.15, -0.1) is 0 Å². The molecule has 3 aromatic rings. The zero-order valence-corrected chi connectivity index (χ0v) is 22.7. The fourth-order valence-corrected chi connectivity index (χ4v) is 5.89. The summed E-state index contributed by atoms with van der Waals surface area (Å²) in [5, 5.41) is 0. The van der Waals surface area contributed by atoms with Crippen molar-refractivity contribution in [1.29, 1.82) is 0 Å². The van der Waals surface area contributed by atoms with Crippen molar-refractivity contribution in [3.8, 4) is 0 Å². The first-order valence-electron chi connectivity index (χ1n) is 13.8. The van der Waals surface area contributed by atoms with E-state index in [9.17, 15) is 18.4 Å². The molecule has 0 N–H and O–H groups in total. The van der Waals surface area contributed by atoms with E-state index >= 15 is 0 Å². The Kier molecular flexibility index (Phi) is 7.86. The number of benzene rings is 2. The molecule has 5 rings (SSSR count). The molecule has 208 valence electrons. The number of nitrogens with zero attached hydrogens (tertiary/aromatic N) is 4. The second-order valence-corrected chi connectivity index (χ2v) is 10.8. The van der Waals surface area contributed by atoms with E-state index in [0.29, 0.717) is 34.9 Å². The van der Waals surface area contributed by atoms with Gasteiger partial charge in [0.05, 0.1) is 30.3 Å². The summed E-state index contributed by atoms with van der Waals surface area (Å²) in [6, 6.07) is 11.8. The number of esters is 1. The molecule has 0 atom stereocenters. The number of aromatic nitrogens is 2. The number of carbonyl (C=O) groups is 2. The van der Waals surface area contributed by atoms with Crippen LogP contribution in [0.15, 0.2) is 42.5 Å². The van der Waals surface area contributed by atoms with Crippen LogP contribution in [0.4, 0.5) is 14.7 Å². The Morgan fingerprint density at radius 1 is 1.05 bits per heavy atom. The molecule has 7 nitrogen and oxygen atoms in total. The summed E-state index contributed by atoms with van der Waals surface area (Å²) < 4.78 is 35.7. The highest BCUT2D eigenvalue weighted by Crippen LogP contribution is 2.34. The van der Waals surface area contributed by atoms with Crippen LogP contribution in [-0.2, 0) is 22.0 Å². The number of ether oxygens (including phenoxy) is 1. The normalized spacial score (nSPS) is 16.7. The largest absolute Gasteiger partial charge is 0.465 e. The minimum absolute atomic E-state index is 0.00893. The number of amides is 1. The molecule has 2 saturated heterocycles. The quantitative estimate of drug-likeness (QED) is 0.349. The Labute approximate surface area is 227 Å². The molecular weight excluding hydrogens is 502 g/mol. The Hall–Kier alpha value is -3.49. The van der Waals surface area contributed by atoms with Crippen molar-refractivity contribution in [3.63, 3.8) is 0 Å². The second-order valence-electron chi connectivity index (χ2n) is 10.8. The van der Waals surface area contributed by atoms with E-state index in [1.807, 2.05) is 15.5 Å². The molecule has 2 aliphatic heterocycles. The predicted molar refractivity (Wildman–Crippen MR) is 146 cm³/mol. The fraction of sp³-hybridized carbons (Fsp3) is 0.500. The topological polar surface area (TPSA) is 67.7 Å². The number of likely N-dealkylation sites (tertiary alicyclic amines) is 1. The molecule has 0 saturated carbocycles. The molecule has 1 amide bonds. The van der Waals surface area contributed by atoms with Gasteiger partial charge in [0, 0.05) is 45.1 Å². The number of methoxy groups -OCH3 is 1. The van der Waals surface area contributed by atoms with Gasteiger partial charge >= 0.3 is 5.97 Å². The van der Waals surface area contributed by atoms with Crippen molar-refractivity contribution < 1.29 is 23.1 Å². The molecule has 0 unspecified atom stereocenters. The van der Waals surface area contributed by atoms with Crippen LogP contribution in [0.1, 0.15) is 66.9 Å². The minimum Gasteiger partial charge on any atom is -0.465 e. The molecule has 2 fully saturated rings.